The van der Waals surface area contributed by atoms with E-state index >= 15 is 0 Å². The molecule has 2 heterocycles. The van der Waals surface area contributed by atoms with Crippen LogP contribution in [0.3, 0.4) is 0 Å². The molecule has 2 fully saturated rings. The van der Waals surface area contributed by atoms with Crippen molar-refractivity contribution in [2.75, 3.05) is 23.5 Å². The smallest absolute Gasteiger partial charge is 0.322 e. The van der Waals surface area contributed by atoms with Gasteiger partial charge in [-0.25, -0.2) is 13.2 Å². The Bertz CT molecular complexity index is 611. The van der Waals surface area contributed by atoms with Gasteiger partial charge in [-0.1, -0.05) is 0 Å². The second kappa shape index (κ2) is 4.12. The van der Waals surface area contributed by atoms with Gasteiger partial charge < -0.3 is 10.1 Å². The molecule has 2 amide bonds. The monoisotopic (exact) mass is 282 g/mol. The Kier molecular flexibility index (Phi) is 2.67. The molecule has 0 unspecified atom stereocenters. The Balaban J connectivity index is 1.92. The first-order valence-electron chi connectivity index (χ1n) is 5.94. The first kappa shape index (κ1) is 12.3. The van der Waals surface area contributed by atoms with Gasteiger partial charge in [0.05, 0.1) is 30.7 Å². The maximum Gasteiger partial charge on any atom is 0.322 e. The van der Waals surface area contributed by atoms with E-state index in [0.717, 1.165) is 0 Å². The first-order valence-corrected chi connectivity index (χ1v) is 7.76. The first-order chi connectivity index (χ1) is 9.00. The summed E-state index contributed by atoms with van der Waals surface area (Å²) in [6.45, 7) is 0. The van der Waals surface area contributed by atoms with E-state index < -0.39 is 9.84 Å². The van der Waals surface area contributed by atoms with Crippen LogP contribution in [0.2, 0.25) is 0 Å². The van der Waals surface area contributed by atoms with Crippen LogP contribution >= 0.6 is 0 Å². The molecule has 3 rings (SSSR count). The van der Waals surface area contributed by atoms with Crippen LogP contribution < -0.4 is 15.0 Å². The molecule has 2 aliphatic heterocycles. The van der Waals surface area contributed by atoms with Gasteiger partial charge in [-0.05, 0) is 24.3 Å². The molecular weight excluding hydrogens is 268 g/mol. The SMILES string of the molecule is COc1ccc(N2C(=O)N[C@H]3CS(=O)(=O)C[C@@H]32)cc1. The predicted octanol–water partition coefficient (Wildman–Crippen LogP) is 0.390. The molecule has 1 N–H and O–H groups in total. The fourth-order valence-electron chi connectivity index (χ4n) is 2.65. The predicted molar refractivity (Wildman–Crippen MR) is 70.2 cm³/mol. The Morgan fingerprint density at radius 3 is 2.58 bits per heavy atom. The molecule has 0 spiro atoms. The molecule has 1 aromatic rings. The fraction of sp³-hybridized carbons (Fsp3) is 0.417. The van der Waals surface area contributed by atoms with Crippen molar-refractivity contribution in [2.45, 2.75) is 12.1 Å². The van der Waals surface area contributed by atoms with Gasteiger partial charge in [-0.2, -0.15) is 0 Å². The van der Waals surface area contributed by atoms with Crippen molar-refractivity contribution in [2.24, 2.45) is 0 Å². The lowest BCUT2D eigenvalue weighted by molar-refractivity contribution is 0.251. The number of carbonyl (C=O) groups is 1. The number of carbonyl (C=O) groups excluding carboxylic acids is 1. The fourth-order valence-corrected chi connectivity index (χ4v) is 4.54. The number of sulfone groups is 1. The Labute approximate surface area is 111 Å². The minimum absolute atomic E-state index is 0.0163. The molecule has 2 saturated heterocycles. The second-order valence-corrected chi connectivity index (χ2v) is 6.92. The number of hydrogen-bond donors (Lipinski definition) is 1. The van der Waals surface area contributed by atoms with Gasteiger partial charge in [-0.15, -0.1) is 0 Å². The van der Waals surface area contributed by atoms with E-state index in [9.17, 15) is 13.2 Å². The second-order valence-electron chi connectivity index (χ2n) is 4.77. The summed E-state index contributed by atoms with van der Waals surface area (Å²) in [7, 11) is -1.50. The molecule has 102 valence electrons. The lowest BCUT2D eigenvalue weighted by Crippen LogP contribution is -2.36. The zero-order valence-corrected chi connectivity index (χ0v) is 11.2. The molecule has 0 saturated carbocycles. The molecule has 19 heavy (non-hydrogen) atoms. The van der Waals surface area contributed by atoms with E-state index in [-0.39, 0.29) is 29.6 Å². The van der Waals surface area contributed by atoms with Crippen molar-refractivity contribution < 1.29 is 17.9 Å². The third kappa shape index (κ3) is 2.03. The highest BCUT2D eigenvalue weighted by atomic mass is 32.2. The summed E-state index contributed by atoms with van der Waals surface area (Å²) in [6.07, 6.45) is 0. The number of hydrogen-bond acceptors (Lipinski definition) is 4. The number of methoxy groups -OCH3 is 1. The summed E-state index contributed by atoms with van der Waals surface area (Å²) in [6, 6.07) is 6.15. The summed E-state index contributed by atoms with van der Waals surface area (Å²) in [5, 5.41) is 2.73. The van der Waals surface area contributed by atoms with E-state index in [2.05, 4.69) is 5.32 Å². The number of anilines is 1. The zero-order chi connectivity index (χ0) is 13.6. The summed E-state index contributed by atoms with van der Waals surface area (Å²) >= 11 is 0. The van der Waals surface area contributed by atoms with E-state index in [1.807, 2.05) is 0 Å². The molecular formula is C12H14N2O4S. The Hall–Kier alpha value is -1.76. The third-order valence-corrected chi connectivity index (χ3v) is 5.25. The minimum Gasteiger partial charge on any atom is -0.497 e. The molecule has 0 aromatic heterocycles. The molecule has 0 radical (unpaired) electrons. The highest BCUT2D eigenvalue weighted by molar-refractivity contribution is 7.91. The average molecular weight is 282 g/mol. The summed E-state index contributed by atoms with van der Waals surface area (Å²) in [5.74, 6) is 0.734. The quantitative estimate of drug-likeness (QED) is 0.796. The Morgan fingerprint density at radius 2 is 1.95 bits per heavy atom. The number of urea groups is 1. The lowest BCUT2D eigenvalue weighted by Gasteiger charge is -2.21. The van der Waals surface area contributed by atoms with Crippen LogP contribution in [0.25, 0.3) is 0 Å². The summed E-state index contributed by atoms with van der Waals surface area (Å²) in [4.78, 5) is 13.5. The molecule has 2 aliphatic rings. The standard InChI is InChI=1S/C12H14N2O4S/c1-18-9-4-2-8(3-5-9)14-11-7-19(16,17)6-10(11)13-12(14)15/h2-5,10-11H,6-7H2,1H3,(H,13,15)/t10-,11-/m0/s1. The zero-order valence-electron chi connectivity index (χ0n) is 10.4. The topological polar surface area (TPSA) is 75.7 Å². The van der Waals surface area contributed by atoms with Gasteiger partial charge >= 0.3 is 6.03 Å². The van der Waals surface area contributed by atoms with Gasteiger partial charge in [0.15, 0.2) is 9.84 Å². The van der Waals surface area contributed by atoms with Crippen molar-refractivity contribution in [1.29, 1.82) is 0 Å². The lowest BCUT2D eigenvalue weighted by atomic mass is 10.1. The van der Waals surface area contributed by atoms with Gasteiger partial charge in [-0.3, -0.25) is 4.90 Å². The number of nitrogens with zero attached hydrogens (tertiary/aromatic N) is 1. The van der Waals surface area contributed by atoms with Crippen LogP contribution in [0, 0.1) is 0 Å². The molecule has 2 atom stereocenters. The van der Waals surface area contributed by atoms with Crippen LogP contribution in [0.15, 0.2) is 24.3 Å². The van der Waals surface area contributed by atoms with Gasteiger partial charge in [0.25, 0.3) is 0 Å². The minimum atomic E-state index is -3.06. The number of nitrogens with one attached hydrogen (secondary N) is 1. The highest BCUT2D eigenvalue weighted by Crippen LogP contribution is 2.30. The van der Waals surface area contributed by atoms with Crippen LogP contribution in [0.5, 0.6) is 5.75 Å². The highest BCUT2D eigenvalue weighted by Gasteiger charge is 2.49. The van der Waals surface area contributed by atoms with Crippen LogP contribution in [0.4, 0.5) is 10.5 Å². The van der Waals surface area contributed by atoms with Crippen LogP contribution in [-0.2, 0) is 9.84 Å². The van der Waals surface area contributed by atoms with E-state index in [0.29, 0.717) is 11.4 Å². The maximum atomic E-state index is 11.9. The number of amides is 2. The molecule has 7 heteroatoms. The van der Waals surface area contributed by atoms with Crippen LogP contribution in [-0.4, -0.2) is 45.1 Å². The van der Waals surface area contributed by atoms with Crippen molar-refractivity contribution >= 4 is 21.6 Å². The molecule has 1 aromatic carbocycles. The van der Waals surface area contributed by atoms with E-state index in [1.165, 1.54) is 4.90 Å². The number of rotatable bonds is 2. The van der Waals surface area contributed by atoms with Gasteiger partial charge in [0.1, 0.15) is 5.75 Å². The van der Waals surface area contributed by atoms with Crippen molar-refractivity contribution in [3.63, 3.8) is 0 Å². The maximum absolute atomic E-state index is 11.9. The third-order valence-electron chi connectivity index (χ3n) is 3.53. The van der Waals surface area contributed by atoms with E-state index in [4.69, 9.17) is 4.74 Å². The van der Waals surface area contributed by atoms with Crippen molar-refractivity contribution in [3.05, 3.63) is 24.3 Å². The molecule has 0 aliphatic carbocycles. The summed E-state index contributed by atoms with van der Waals surface area (Å²) < 4.78 is 28.3. The van der Waals surface area contributed by atoms with Crippen molar-refractivity contribution in [3.8, 4) is 5.75 Å². The Morgan fingerprint density at radius 1 is 1.26 bits per heavy atom. The van der Waals surface area contributed by atoms with Gasteiger partial charge in [0.2, 0.25) is 0 Å². The normalized spacial score (nSPS) is 28.1. The number of benzene rings is 1. The van der Waals surface area contributed by atoms with Gasteiger partial charge in [0, 0.05) is 5.69 Å². The van der Waals surface area contributed by atoms with Crippen molar-refractivity contribution in [1.82, 2.24) is 5.32 Å². The largest absolute Gasteiger partial charge is 0.497 e. The van der Waals surface area contributed by atoms with E-state index in [1.54, 1.807) is 31.4 Å². The average Bonchev–Trinajstić information content (AvgIpc) is 2.79. The molecule has 0 bridgehead atoms. The van der Waals surface area contributed by atoms with Crippen LogP contribution in [0.1, 0.15) is 0 Å². The molecule has 6 nitrogen and oxygen atoms in total. The number of ether oxygens (including phenoxy) is 1. The number of fused-ring (bicyclic) bond motifs is 1. The summed E-state index contributed by atoms with van der Waals surface area (Å²) in [5.41, 5.74) is 0.683.